The standard InChI is InChI=1S/C16H13FN2O2S/c1-10-14(22-16(19-10)13-6-3-7-21-13)9-18-15(20)11-4-2-5-12(17)8-11/h2-8H,9H2,1H3,(H,18,20). The Morgan fingerprint density at radius 2 is 2.23 bits per heavy atom. The Kier molecular flexibility index (Phi) is 4.02. The van der Waals surface area contributed by atoms with Gasteiger partial charge in [0.05, 0.1) is 18.5 Å². The number of hydrogen-bond donors (Lipinski definition) is 1. The summed E-state index contributed by atoms with van der Waals surface area (Å²) in [6, 6.07) is 9.25. The molecule has 1 aromatic carbocycles. The average molecular weight is 316 g/mol. The van der Waals surface area contributed by atoms with E-state index in [2.05, 4.69) is 10.3 Å². The highest BCUT2D eigenvalue weighted by atomic mass is 32.1. The van der Waals surface area contributed by atoms with Crippen molar-refractivity contribution in [2.45, 2.75) is 13.5 Å². The fourth-order valence-corrected chi connectivity index (χ4v) is 2.96. The van der Waals surface area contributed by atoms with E-state index in [-0.39, 0.29) is 5.91 Å². The Hall–Kier alpha value is -2.47. The number of aryl methyl sites for hydroxylation is 1. The Balaban J connectivity index is 1.70. The molecule has 2 aromatic heterocycles. The largest absolute Gasteiger partial charge is 0.462 e. The number of nitrogens with zero attached hydrogens (tertiary/aromatic N) is 1. The van der Waals surface area contributed by atoms with E-state index in [1.54, 1.807) is 18.4 Å². The summed E-state index contributed by atoms with van der Waals surface area (Å²) in [5.41, 5.74) is 1.14. The Morgan fingerprint density at radius 3 is 2.95 bits per heavy atom. The molecular weight excluding hydrogens is 303 g/mol. The minimum absolute atomic E-state index is 0.299. The van der Waals surface area contributed by atoms with Gasteiger partial charge in [0.25, 0.3) is 5.91 Å². The van der Waals surface area contributed by atoms with E-state index >= 15 is 0 Å². The van der Waals surface area contributed by atoms with Crippen LogP contribution in [0, 0.1) is 12.7 Å². The van der Waals surface area contributed by atoms with Crippen molar-refractivity contribution in [3.8, 4) is 10.8 Å². The number of hydrogen-bond acceptors (Lipinski definition) is 4. The second-order valence-electron chi connectivity index (χ2n) is 4.70. The first kappa shape index (κ1) is 14.5. The zero-order valence-electron chi connectivity index (χ0n) is 11.8. The number of halogens is 1. The molecule has 2 heterocycles. The van der Waals surface area contributed by atoms with Crippen LogP contribution in [0.1, 0.15) is 20.9 Å². The van der Waals surface area contributed by atoms with Crippen molar-refractivity contribution in [3.05, 3.63) is 64.6 Å². The molecule has 0 saturated heterocycles. The first-order valence-corrected chi connectivity index (χ1v) is 7.49. The normalized spacial score (nSPS) is 10.6. The number of furan rings is 1. The van der Waals surface area contributed by atoms with E-state index in [0.29, 0.717) is 17.9 Å². The molecule has 22 heavy (non-hydrogen) atoms. The molecule has 4 nitrogen and oxygen atoms in total. The zero-order chi connectivity index (χ0) is 15.5. The lowest BCUT2D eigenvalue weighted by Gasteiger charge is -2.04. The van der Waals surface area contributed by atoms with Crippen LogP contribution in [0.2, 0.25) is 0 Å². The molecule has 0 spiro atoms. The monoisotopic (exact) mass is 316 g/mol. The van der Waals surface area contributed by atoms with Crippen molar-refractivity contribution in [1.29, 1.82) is 0 Å². The van der Waals surface area contributed by atoms with E-state index in [1.165, 1.54) is 29.5 Å². The summed E-state index contributed by atoms with van der Waals surface area (Å²) in [7, 11) is 0. The molecule has 3 rings (SSSR count). The summed E-state index contributed by atoms with van der Waals surface area (Å²) in [5, 5.41) is 3.55. The van der Waals surface area contributed by atoms with Gasteiger partial charge in [-0.15, -0.1) is 11.3 Å². The topological polar surface area (TPSA) is 55.1 Å². The predicted octanol–water partition coefficient (Wildman–Crippen LogP) is 3.78. The highest BCUT2D eigenvalue weighted by molar-refractivity contribution is 7.15. The molecule has 1 N–H and O–H groups in total. The molecule has 1 amide bonds. The highest BCUT2D eigenvalue weighted by Gasteiger charge is 2.13. The molecule has 0 bridgehead atoms. The van der Waals surface area contributed by atoms with E-state index in [4.69, 9.17) is 4.42 Å². The summed E-state index contributed by atoms with van der Waals surface area (Å²) in [5.74, 6) is -0.0376. The molecule has 0 aliphatic heterocycles. The van der Waals surface area contributed by atoms with Gasteiger partial charge >= 0.3 is 0 Å². The van der Waals surface area contributed by atoms with E-state index in [1.807, 2.05) is 13.0 Å². The third kappa shape index (κ3) is 3.07. The van der Waals surface area contributed by atoms with Gasteiger partial charge in [-0.1, -0.05) is 6.07 Å². The Labute approximate surface area is 130 Å². The Morgan fingerprint density at radius 1 is 1.36 bits per heavy atom. The van der Waals surface area contributed by atoms with E-state index < -0.39 is 5.82 Å². The summed E-state index contributed by atoms with van der Waals surface area (Å²) < 4.78 is 18.4. The molecular formula is C16H13FN2O2S. The molecule has 0 atom stereocenters. The van der Waals surface area contributed by atoms with Gasteiger partial charge in [-0.05, 0) is 37.3 Å². The lowest BCUT2D eigenvalue weighted by atomic mass is 10.2. The van der Waals surface area contributed by atoms with Crippen molar-refractivity contribution < 1.29 is 13.6 Å². The third-order valence-electron chi connectivity index (χ3n) is 3.12. The van der Waals surface area contributed by atoms with Crippen LogP contribution < -0.4 is 5.32 Å². The quantitative estimate of drug-likeness (QED) is 0.797. The number of carbonyl (C=O) groups is 1. The molecule has 0 aliphatic carbocycles. The first-order chi connectivity index (χ1) is 10.6. The van der Waals surface area contributed by atoms with Gasteiger partial charge in [-0.3, -0.25) is 4.79 Å². The van der Waals surface area contributed by atoms with Gasteiger partial charge in [0, 0.05) is 10.4 Å². The van der Waals surface area contributed by atoms with Crippen LogP contribution in [0.5, 0.6) is 0 Å². The highest BCUT2D eigenvalue weighted by Crippen LogP contribution is 2.28. The van der Waals surface area contributed by atoms with Crippen LogP contribution in [0.25, 0.3) is 10.8 Å². The summed E-state index contributed by atoms with van der Waals surface area (Å²) >= 11 is 1.46. The number of carbonyl (C=O) groups excluding carboxylic acids is 1. The number of nitrogens with one attached hydrogen (secondary N) is 1. The van der Waals surface area contributed by atoms with Gasteiger partial charge < -0.3 is 9.73 Å². The number of rotatable bonds is 4. The van der Waals surface area contributed by atoms with Crippen molar-refractivity contribution in [3.63, 3.8) is 0 Å². The minimum Gasteiger partial charge on any atom is -0.462 e. The van der Waals surface area contributed by atoms with Gasteiger partial charge in [-0.25, -0.2) is 9.37 Å². The van der Waals surface area contributed by atoms with Crippen LogP contribution in [0.15, 0.2) is 47.1 Å². The molecule has 0 radical (unpaired) electrons. The van der Waals surface area contributed by atoms with Crippen molar-refractivity contribution in [2.75, 3.05) is 0 Å². The fourth-order valence-electron chi connectivity index (χ4n) is 1.99. The second kappa shape index (κ2) is 6.11. The van der Waals surface area contributed by atoms with E-state index in [9.17, 15) is 9.18 Å². The van der Waals surface area contributed by atoms with E-state index in [0.717, 1.165) is 15.6 Å². The zero-order valence-corrected chi connectivity index (χ0v) is 12.6. The third-order valence-corrected chi connectivity index (χ3v) is 4.29. The maximum Gasteiger partial charge on any atom is 0.251 e. The lowest BCUT2D eigenvalue weighted by molar-refractivity contribution is 0.0951. The van der Waals surface area contributed by atoms with Gasteiger partial charge in [-0.2, -0.15) is 0 Å². The number of aromatic nitrogens is 1. The molecule has 0 unspecified atom stereocenters. The molecule has 0 fully saturated rings. The lowest BCUT2D eigenvalue weighted by Crippen LogP contribution is -2.22. The number of amides is 1. The van der Waals surface area contributed by atoms with Gasteiger partial charge in [0.15, 0.2) is 10.8 Å². The minimum atomic E-state index is -0.429. The summed E-state index contributed by atoms with van der Waals surface area (Å²) in [6.07, 6.45) is 1.59. The molecule has 0 aliphatic rings. The SMILES string of the molecule is Cc1nc(-c2ccco2)sc1CNC(=O)c1cccc(F)c1. The molecule has 112 valence electrons. The second-order valence-corrected chi connectivity index (χ2v) is 5.78. The average Bonchev–Trinajstić information content (AvgIpc) is 3.14. The summed E-state index contributed by atoms with van der Waals surface area (Å²) in [6.45, 7) is 2.23. The fraction of sp³-hybridized carbons (Fsp3) is 0.125. The molecule has 0 saturated carbocycles. The maximum atomic E-state index is 13.1. The van der Waals surface area contributed by atoms with Crippen molar-refractivity contribution >= 4 is 17.2 Å². The van der Waals surface area contributed by atoms with Crippen molar-refractivity contribution in [2.24, 2.45) is 0 Å². The Bertz CT molecular complexity index is 796. The smallest absolute Gasteiger partial charge is 0.251 e. The van der Waals surface area contributed by atoms with Crippen LogP contribution in [0.4, 0.5) is 4.39 Å². The predicted molar refractivity (Wildman–Crippen MR) is 82.1 cm³/mol. The molecule has 6 heteroatoms. The maximum absolute atomic E-state index is 13.1. The van der Waals surface area contributed by atoms with Crippen LogP contribution in [0.3, 0.4) is 0 Å². The van der Waals surface area contributed by atoms with Gasteiger partial charge in [0.1, 0.15) is 5.82 Å². The molecule has 3 aromatic rings. The van der Waals surface area contributed by atoms with Crippen LogP contribution in [-0.2, 0) is 6.54 Å². The van der Waals surface area contributed by atoms with Crippen LogP contribution >= 0.6 is 11.3 Å². The number of benzene rings is 1. The first-order valence-electron chi connectivity index (χ1n) is 6.67. The van der Waals surface area contributed by atoms with Crippen LogP contribution in [-0.4, -0.2) is 10.9 Å². The van der Waals surface area contributed by atoms with Crippen molar-refractivity contribution in [1.82, 2.24) is 10.3 Å². The van der Waals surface area contributed by atoms with Gasteiger partial charge in [0.2, 0.25) is 0 Å². The number of thiazole rings is 1. The summed E-state index contributed by atoms with van der Waals surface area (Å²) in [4.78, 5) is 17.4.